The number of thioether (sulfide) groups is 1. The number of carbonyl (C=O) groups is 4. The van der Waals surface area contributed by atoms with E-state index >= 15 is 0 Å². The van der Waals surface area contributed by atoms with Crippen LogP contribution in [-0.2, 0) is 25.7 Å². The molecule has 0 spiro atoms. The monoisotopic (exact) mass is 547 g/mol. The van der Waals surface area contributed by atoms with Crippen LogP contribution in [0.25, 0.3) is 0 Å². The number of nitrogens with two attached hydrogens (primary N) is 1. The standard InChI is InChI=1S/C23H33N9O5S/c1-10-18-17(11(2)26-16(33)9-31-12(3)27-28-29-31)22(35)32(18)19(23(36)37)20(10)38-14-6-15(25-7-14)21(34)30-5-4-13(24)8-30/h10-11,13-15,17-18,25H,4-9,24H2,1-3H3,(H,26,33)(H,36,37)/t10-,11-,13?,14+,15+,17-,18-/m1/s1. The van der Waals surface area contributed by atoms with Gasteiger partial charge in [-0.15, -0.1) is 16.9 Å². The number of fused-ring (bicyclic) bond motifs is 1. The number of nitrogens with zero attached hydrogens (tertiary/aromatic N) is 6. The lowest BCUT2D eigenvalue weighted by Crippen LogP contribution is -2.66. The Morgan fingerprint density at radius 3 is 2.74 bits per heavy atom. The molecule has 3 fully saturated rings. The molecular formula is C23H33N9O5S. The van der Waals surface area contributed by atoms with E-state index < -0.39 is 17.9 Å². The number of aromatic nitrogens is 4. The minimum atomic E-state index is -1.15. The number of tetrazole rings is 1. The predicted molar refractivity (Wildman–Crippen MR) is 135 cm³/mol. The lowest BCUT2D eigenvalue weighted by atomic mass is 9.78. The molecule has 0 saturated carbocycles. The van der Waals surface area contributed by atoms with Gasteiger partial charge < -0.3 is 31.3 Å². The van der Waals surface area contributed by atoms with Gasteiger partial charge in [0.1, 0.15) is 18.1 Å². The molecule has 4 aliphatic heterocycles. The normalized spacial score (nSPS) is 31.4. The van der Waals surface area contributed by atoms with E-state index in [4.69, 9.17) is 5.73 Å². The third kappa shape index (κ3) is 4.66. The number of hydrogen-bond donors (Lipinski definition) is 4. The predicted octanol–water partition coefficient (Wildman–Crippen LogP) is -1.72. The molecule has 0 radical (unpaired) electrons. The SMILES string of the molecule is Cc1nnnn1CC(=O)N[C@H](C)[C@H]1C(=O)N2C(C(=O)O)=C(S[C@@H]3CN[C@H](C(=O)N4CCC(N)C4)C3)[C@H](C)[C@H]12. The summed E-state index contributed by atoms with van der Waals surface area (Å²) in [5, 5.41) is 27.2. The molecule has 3 amide bonds. The summed E-state index contributed by atoms with van der Waals surface area (Å²) in [6.45, 7) is 7.06. The van der Waals surface area contributed by atoms with E-state index in [2.05, 4.69) is 26.2 Å². The molecular weight excluding hydrogens is 514 g/mol. The Morgan fingerprint density at radius 1 is 1.34 bits per heavy atom. The quantitative estimate of drug-likeness (QED) is 0.271. The number of nitrogens with one attached hydrogen (secondary N) is 2. The van der Waals surface area contributed by atoms with Gasteiger partial charge in [0.2, 0.25) is 17.7 Å². The highest BCUT2D eigenvalue weighted by atomic mass is 32.2. The first-order chi connectivity index (χ1) is 18.1. The van der Waals surface area contributed by atoms with Gasteiger partial charge in [0.15, 0.2) is 0 Å². The van der Waals surface area contributed by atoms with Crippen molar-refractivity contribution >= 4 is 35.5 Å². The molecule has 0 bridgehead atoms. The van der Waals surface area contributed by atoms with Crippen LogP contribution in [0.1, 0.15) is 32.5 Å². The Labute approximate surface area is 223 Å². The number of aryl methyl sites for hydroxylation is 1. The Hall–Kier alpha value is -3.04. The molecule has 0 aromatic carbocycles. The number of amides is 3. The van der Waals surface area contributed by atoms with Gasteiger partial charge in [0.05, 0.1) is 18.0 Å². The molecule has 1 unspecified atom stereocenters. The van der Waals surface area contributed by atoms with E-state index in [1.165, 1.54) is 21.3 Å². The van der Waals surface area contributed by atoms with Crippen molar-refractivity contribution in [1.82, 2.24) is 40.6 Å². The molecule has 1 aromatic rings. The summed E-state index contributed by atoms with van der Waals surface area (Å²) in [6, 6.07) is -1.18. The third-order valence-corrected chi connectivity index (χ3v) is 9.45. The van der Waals surface area contributed by atoms with E-state index in [-0.39, 0.29) is 59.3 Å². The van der Waals surface area contributed by atoms with E-state index in [0.717, 1.165) is 6.42 Å². The summed E-state index contributed by atoms with van der Waals surface area (Å²) in [6.07, 6.45) is 1.37. The molecule has 7 atom stereocenters. The van der Waals surface area contributed by atoms with Gasteiger partial charge in [-0.05, 0) is 37.1 Å². The number of carboxylic acids is 1. The van der Waals surface area contributed by atoms with Crippen LogP contribution in [0.3, 0.4) is 0 Å². The van der Waals surface area contributed by atoms with Crippen molar-refractivity contribution in [2.24, 2.45) is 17.6 Å². The zero-order chi connectivity index (χ0) is 27.3. The van der Waals surface area contributed by atoms with E-state index in [1.54, 1.807) is 18.7 Å². The number of β-lactam (4-membered cyclic amide) rings is 1. The molecule has 15 heteroatoms. The van der Waals surface area contributed by atoms with Crippen molar-refractivity contribution < 1.29 is 24.3 Å². The third-order valence-electron chi connectivity index (χ3n) is 7.94. The molecule has 14 nitrogen and oxygen atoms in total. The fourth-order valence-corrected chi connectivity index (χ4v) is 7.46. The zero-order valence-corrected chi connectivity index (χ0v) is 22.3. The molecule has 206 valence electrons. The molecule has 5 heterocycles. The Kier molecular flexibility index (Phi) is 7.17. The summed E-state index contributed by atoms with van der Waals surface area (Å²) in [5.74, 6) is -2.04. The summed E-state index contributed by atoms with van der Waals surface area (Å²) in [7, 11) is 0. The molecule has 38 heavy (non-hydrogen) atoms. The van der Waals surface area contributed by atoms with Crippen LogP contribution in [0, 0.1) is 18.8 Å². The van der Waals surface area contributed by atoms with Gasteiger partial charge in [0, 0.05) is 47.8 Å². The Morgan fingerprint density at radius 2 is 2.11 bits per heavy atom. The molecule has 5 N–H and O–H groups in total. The molecule has 4 aliphatic rings. The van der Waals surface area contributed by atoms with Crippen molar-refractivity contribution in [1.29, 1.82) is 0 Å². The molecule has 1 aromatic heterocycles. The van der Waals surface area contributed by atoms with Crippen molar-refractivity contribution in [3.63, 3.8) is 0 Å². The number of carboxylic acid groups (broad SMARTS) is 1. The van der Waals surface area contributed by atoms with Crippen LogP contribution in [0.4, 0.5) is 0 Å². The molecule has 5 rings (SSSR count). The number of hydrogen-bond acceptors (Lipinski definition) is 10. The van der Waals surface area contributed by atoms with Crippen LogP contribution in [-0.4, -0.2) is 108 Å². The molecule has 3 saturated heterocycles. The highest BCUT2D eigenvalue weighted by Gasteiger charge is 2.60. The topological polar surface area (TPSA) is 189 Å². The van der Waals surface area contributed by atoms with Crippen molar-refractivity contribution in [2.75, 3.05) is 19.6 Å². The number of carbonyl (C=O) groups excluding carboxylic acids is 3. The zero-order valence-electron chi connectivity index (χ0n) is 21.5. The largest absolute Gasteiger partial charge is 0.477 e. The Bertz CT molecular complexity index is 1190. The first kappa shape index (κ1) is 26.6. The van der Waals surface area contributed by atoms with Crippen molar-refractivity contribution in [2.45, 2.75) is 69.6 Å². The van der Waals surface area contributed by atoms with Crippen LogP contribution < -0.4 is 16.4 Å². The van der Waals surface area contributed by atoms with E-state index in [0.29, 0.717) is 36.8 Å². The number of rotatable bonds is 8. The van der Waals surface area contributed by atoms with Crippen LogP contribution >= 0.6 is 11.8 Å². The maximum absolute atomic E-state index is 13.2. The highest BCUT2D eigenvalue weighted by molar-refractivity contribution is 8.03. The van der Waals surface area contributed by atoms with Crippen LogP contribution in [0.5, 0.6) is 0 Å². The summed E-state index contributed by atoms with van der Waals surface area (Å²) in [5.41, 5.74) is 5.96. The average Bonchev–Trinajstić information content (AvgIpc) is 3.63. The maximum Gasteiger partial charge on any atom is 0.353 e. The first-order valence-electron chi connectivity index (χ1n) is 12.8. The second kappa shape index (κ2) is 10.3. The fourth-order valence-electron chi connectivity index (χ4n) is 5.99. The fraction of sp³-hybridized carbons (Fsp3) is 0.696. The lowest BCUT2D eigenvalue weighted by Gasteiger charge is -2.47. The highest BCUT2D eigenvalue weighted by Crippen LogP contribution is 2.51. The summed E-state index contributed by atoms with van der Waals surface area (Å²) < 4.78 is 1.36. The Balaban J connectivity index is 1.23. The van der Waals surface area contributed by atoms with Crippen molar-refractivity contribution in [3.8, 4) is 0 Å². The van der Waals surface area contributed by atoms with Crippen LogP contribution in [0.2, 0.25) is 0 Å². The summed E-state index contributed by atoms with van der Waals surface area (Å²) >= 11 is 1.44. The van der Waals surface area contributed by atoms with Crippen molar-refractivity contribution in [3.05, 3.63) is 16.4 Å². The van der Waals surface area contributed by atoms with Crippen LogP contribution in [0.15, 0.2) is 10.6 Å². The van der Waals surface area contributed by atoms with Gasteiger partial charge in [-0.1, -0.05) is 6.92 Å². The van der Waals surface area contributed by atoms with Gasteiger partial charge in [0.25, 0.3) is 0 Å². The van der Waals surface area contributed by atoms with Gasteiger partial charge >= 0.3 is 5.97 Å². The summed E-state index contributed by atoms with van der Waals surface area (Å²) in [4.78, 5) is 54.7. The maximum atomic E-state index is 13.2. The second-order valence-corrected chi connectivity index (χ2v) is 11.9. The average molecular weight is 548 g/mol. The van der Waals surface area contributed by atoms with E-state index in [9.17, 15) is 24.3 Å². The van der Waals surface area contributed by atoms with Gasteiger partial charge in [-0.3, -0.25) is 14.4 Å². The number of aliphatic carboxylic acids is 1. The van der Waals surface area contributed by atoms with E-state index in [1.807, 2.05) is 6.92 Å². The minimum absolute atomic E-state index is 0.00376. The lowest BCUT2D eigenvalue weighted by molar-refractivity contribution is -0.158. The first-order valence-corrected chi connectivity index (χ1v) is 13.7. The second-order valence-electron chi connectivity index (χ2n) is 10.5. The van der Waals surface area contributed by atoms with Gasteiger partial charge in [-0.2, -0.15) is 0 Å². The minimum Gasteiger partial charge on any atom is -0.477 e. The van der Waals surface area contributed by atoms with Gasteiger partial charge in [-0.25, -0.2) is 9.48 Å². The number of likely N-dealkylation sites (tertiary alicyclic amines) is 1. The molecule has 0 aliphatic carbocycles. The smallest absolute Gasteiger partial charge is 0.353 e.